The minimum atomic E-state index is -1.70. The minimum absolute atomic E-state index is 0.287. The maximum atomic E-state index is 11.6. The van der Waals surface area contributed by atoms with Crippen LogP contribution >= 0.6 is 0 Å². The van der Waals surface area contributed by atoms with Gasteiger partial charge < -0.3 is 182 Å². The van der Waals surface area contributed by atoms with Crippen LogP contribution in [0.2, 0.25) is 0 Å². The standard InChI is InChI=1S/C42H84N14O21/c43-1-8-29-15(50)22(57)36(64-8)72-30-9(2-44)66-38(24(59)17(30)52)74-32-11(4-46)68-40(26(61)19(32)54)76-34-13(6-48)70-42(28(63)21(34)56)77-35-14(7-49)69-41(27(62)20(35)55)75-33-12(5-47)67-39(25(60)18(33)53)73-31-10(3-45)65-37(71-29)23(58)16(31)51/h8-42,57-63H,1-7,43-56H2/t8-,9-,10-,11-,12+,13+,14+,15+,16+,17+,18-,19+,20-,21+,22+,23+,24+,25-,26+,27-,28-,29-,30-,31-,32-,33-,34-,35-,36-,37-,38-,39-,40-,41-,42-/m1/s1. The van der Waals surface area contributed by atoms with Gasteiger partial charge in [0.25, 0.3) is 0 Å². The van der Waals surface area contributed by atoms with Crippen LogP contribution in [-0.2, 0) is 66.3 Å². The van der Waals surface area contributed by atoms with Crippen LogP contribution in [0.25, 0.3) is 0 Å². The predicted octanol–water partition coefficient (Wildman–Crippen LogP) is -15.7. The molecule has 77 heavy (non-hydrogen) atoms. The van der Waals surface area contributed by atoms with E-state index in [2.05, 4.69) is 0 Å². The monoisotopic (exact) mass is 1120 g/mol. The van der Waals surface area contributed by atoms with E-state index in [-0.39, 0.29) is 45.8 Å². The van der Waals surface area contributed by atoms with Crippen molar-refractivity contribution in [1.29, 1.82) is 0 Å². The average molecular weight is 1120 g/mol. The summed E-state index contributed by atoms with van der Waals surface area (Å²) in [7, 11) is 0. The van der Waals surface area contributed by atoms with Gasteiger partial charge in [-0.05, 0) is 0 Å². The van der Waals surface area contributed by atoms with Gasteiger partial charge in [-0.25, -0.2) is 0 Å². The van der Waals surface area contributed by atoms with Crippen molar-refractivity contribution < 1.29 is 102 Å². The van der Waals surface area contributed by atoms with E-state index in [9.17, 15) is 35.7 Å². The molecule has 448 valence electrons. The molecule has 0 aromatic carbocycles. The summed E-state index contributed by atoms with van der Waals surface area (Å²) < 4.78 is 85.8. The van der Waals surface area contributed by atoms with Gasteiger partial charge in [0, 0.05) is 45.8 Å². The van der Waals surface area contributed by atoms with Crippen molar-refractivity contribution in [2.45, 2.75) is 215 Å². The lowest BCUT2D eigenvalue weighted by Gasteiger charge is -2.51. The first-order valence-corrected chi connectivity index (χ1v) is 25.8. The van der Waals surface area contributed by atoms with Crippen molar-refractivity contribution in [3.05, 3.63) is 0 Å². The number of hydrogen-bond acceptors (Lipinski definition) is 35. The molecule has 0 aliphatic carbocycles. The molecule has 35 heteroatoms. The Morgan fingerprint density at radius 2 is 0.299 bits per heavy atom. The van der Waals surface area contributed by atoms with Gasteiger partial charge in [0.05, 0.1) is 42.3 Å². The number of nitrogens with two attached hydrogens (primary N) is 14. The van der Waals surface area contributed by atoms with E-state index in [1.807, 2.05) is 0 Å². The van der Waals surface area contributed by atoms with Crippen molar-refractivity contribution in [1.82, 2.24) is 0 Å². The fourth-order valence-electron chi connectivity index (χ4n) is 11.1. The molecule has 0 radical (unpaired) electrons. The summed E-state index contributed by atoms with van der Waals surface area (Å²) in [5.74, 6) is 0. The molecule has 21 fully saturated rings. The summed E-state index contributed by atoms with van der Waals surface area (Å²) in [5, 5.41) is 81.1. The molecule has 35 N–H and O–H groups in total. The molecule has 0 amide bonds. The van der Waals surface area contributed by atoms with E-state index in [4.69, 9.17) is 147 Å². The molecule has 21 aliphatic heterocycles. The lowest BCUT2D eigenvalue weighted by atomic mass is 9.93. The zero-order chi connectivity index (χ0) is 56.1. The zero-order valence-corrected chi connectivity index (χ0v) is 42.1. The Labute approximate surface area is 442 Å². The highest BCUT2D eigenvalue weighted by molar-refractivity contribution is 5.05. The Morgan fingerprint density at radius 1 is 0.195 bits per heavy atom. The van der Waals surface area contributed by atoms with Crippen LogP contribution in [0.15, 0.2) is 0 Å². The fourth-order valence-corrected chi connectivity index (χ4v) is 11.1. The quantitative estimate of drug-likeness (QED) is 0.113. The summed E-state index contributed by atoms with van der Waals surface area (Å²) in [6, 6.07) is -9.55. The Morgan fingerprint density at radius 3 is 0.390 bits per heavy atom. The third kappa shape index (κ3) is 12.1. The van der Waals surface area contributed by atoms with Gasteiger partial charge in [-0.3, -0.25) is 0 Å². The molecule has 14 bridgehead atoms. The molecule has 35 nitrogen and oxygen atoms in total. The summed E-state index contributed by atoms with van der Waals surface area (Å²) in [6.45, 7) is -2.01. The van der Waals surface area contributed by atoms with Crippen LogP contribution in [0.4, 0.5) is 0 Å². The third-order valence-corrected chi connectivity index (χ3v) is 15.8. The number of rotatable bonds is 7. The molecule has 0 unspecified atom stereocenters. The summed E-state index contributed by atoms with van der Waals surface area (Å²) in [5.41, 5.74) is 89.1. The van der Waals surface area contributed by atoms with Crippen LogP contribution in [0.3, 0.4) is 0 Å². The van der Waals surface area contributed by atoms with Crippen molar-refractivity contribution in [2.24, 2.45) is 80.3 Å². The number of ether oxygens (including phenoxy) is 14. The first kappa shape index (κ1) is 61.7. The summed E-state index contributed by atoms with van der Waals surface area (Å²) in [6.07, 6.45) is -40.2. The maximum Gasteiger partial charge on any atom is 0.186 e. The van der Waals surface area contributed by atoms with E-state index in [0.717, 1.165) is 0 Å². The van der Waals surface area contributed by atoms with E-state index in [0.29, 0.717) is 0 Å². The molecule has 21 rings (SSSR count). The Hall–Kier alpha value is -1.40. The molecule has 0 aromatic rings. The predicted molar refractivity (Wildman–Crippen MR) is 256 cm³/mol. The first-order chi connectivity index (χ1) is 36.7. The highest BCUT2D eigenvalue weighted by atomic mass is 16.8. The molecular weight excluding hydrogens is 1040 g/mol. The maximum absolute atomic E-state index is 11.6. The molecular formula is C42H84N14O21. The van der Waals surface area contributed by atoms with Gasteiger partial charge >= 0.3 is 0 Å². The lowest BCUT2D eigenvalue weighted by Crippen LogP contribution is -2.71. The largest absolute Gasteiger partial charge is 0.386 e. The molecule has 0 aromatic heterocycles. The van der Waals surface area contributed by atoms with Gasteiger partial charge in [0.1, 0.15) is 128 Å². The Kier molecular flexibility index (Phi) is 20.8. The second-order valence-electron chi connectivity index (χ2n) is 20.6. The van der Waals surface area contributed by atoms with Crippen LogP contribution in [0.1, 0.15) is 0 Å². The summed E-state index contributed by atoms with van der Waals surface area (Å²) >= 11 is 0. The highest BCUT2D eigenvalue weighted by Gasteiger charge is 2.58. The van der Waals surface area contributed by atoms with Gasteiger partial charge in [-0.1, -0.05) is 0 Å². The molecule has 0 spiro atoms. The van der Waals surface area contributed by atoms with Crippen molar-refractivity contribution in [2.75, 3.05) is 45.8 Å². The fraction of sp³-hybridized carbons (Fsp3) is 1.00. The normalized spacial score (nSPS) is 55.4. The molecule has 21 heterocycles. The number of aliphatic hydroxyl groups excluding tert-OH is 7. The van der Waals surface area contributed by atoms with Crippen molar-refractivity contribution >= 4 is 0 Å². The molecule has 21 saturated heterocycles. The Balaban J connectivity index is 1.08. The smallest absolute Gasteiger partial charge is 0.186 e. The van der Waals surface area contributed by atoms with E-state index < -0.39 is 215 Å². The average Bonchev–Trinajstić information content (AvgIpc) is 3.45. The second-order valence-corrected chi connectivity index (χ2v) is 20.6. The highest BCUT2D eigenvalue weighted by Crippen LogP contribution is 2.37. The van der Waals surface area contributed by atoms with Gasteiger partial charge in [0.2, 0.25) is 0 Å². The first-order valence-electron chi connectivity index (χ1n) is 25.8. The number of aliphatic hydroxyl groups is 7. The zero-order valence-electron chi connectivity index (χ0n) is 42.1. The van der Waals surface area contributed by atoms with Crippen molar-refractivity contribution in [3.8, 4) is 0 Å². The lowest BCUT2D eigenvalue weighted by molar-refractivity contribution is -0.365. The second kappa shape index (κ2) is 26.0. The van der Waals surface area contributed by atoms with Crippen LogP contribution in [0.5, 0.6) is 0 Å². The van der Waals surface area contributed by atoms with Crippen LogP contribution < -0.4 is 80.3 Å². The van der Waals surface area contributed by atoms with E-state index >= 15 is 0 Å². The van der Waals surface area contributed by atoms with Crippen LogP contribution in [-0.4, -0.2) is 296 Å². The van der Waals surface area contributed by atoms with E-state index in [1.165, 1.54) is 0 Å². The minimum Gasteiger partial charge on any atom is -0.386 e. The van der Waals surface area contributed by atoms with Gasteiger partial charge in [-0.2, -0.15) is 0 Å². The number of hydrogen-bond donors (Lipinski definition) is 21. The van der Waals surface area contributed by atoms with Gasteiger partial charge in [0.15, 0.2) is 44.0 Å². The van der Waals surface area contributed by atoms with Gasteiger partial charge in [-0.15, -0.1) is 0 Å². The SMILES string of the molecule is NC[C@@H]1O[C@@H]2O[C@H]3[C@@H](N)[C@H](O)[C@@H](O[C@H]4[C@@H](N)[C@H](O)[C@@H](O[C@H]5[C@@H](N)[C@H](O)[C@@H](O[C@H]6[C@@H](N)[C@H](O)[C@@H](O[C@H]7[C@@H](N)[C@@H](O)[C@@H](O[C@H]8[C@H](N)[C@@H](O)[C@@H](O[C@H]1[C@H](N)[C@H]2O)O[C@H]8CN)O[C@H]7CN)O[C@@H]6CN)O[C@@H]5CN)O[C@@H]4CN)O[C@@H]3CN. The van der Waals surface area contributed by atoms with Crippen LogP contribution in [0, 0.1) is 0 Å². The molecule has 21 aliphatic rings. The topological polar surface area (TPSA) is 635 Å². The summed E-state index contributed by atoms with van der Waals surface area (Å²) in [4.78, 5) is 0. The third-order valence-electron chi connectivity index (χ3n) is 15.8. The molecule has 0 saturated carbocycles. The van der Waals surface area contributed by atoms with E-state index in [1.54, 1.807) is 0 Å². The van der Waals surface area contributed by atoms with Crippen molar-refractivity contribution in [3.63, 3.8) is 0 Å². The Bertz CT molecular complexity index is 1500. The molecule has 35 atom stereocenters.